The summed E-state index contributed by atoms with van der Waals surface area (Å²) >= 11 is 0. The van der Waals surface area contributed by atoms with E-state index in [2.05, 4.69) is 36.4 Å². The van der Waals surface area contributed by atoms with Crippen molar-refractivity contribution in [1.29, 1.82) is 0 Å². The highest BCUT2D eigenvalue weighted by molar-refractivity contribution is 14.0. The van der Waals surface area contributed by atoms with Crippen LogP contribution >= 0.6 is 24.0 Å². The zero-order chi connectivity index (χ0) is 18.7. The van der Waals surface area contributed by atoms with E-state index in [0.29, 0.717) is 24.8 Å². The molecule has 0 aromatic heterocycles. The predicted octanol–water partition coefficient (Wildman–Crippen LogP) is 2.93. The van der Waals surface area contributed by atoms with Gasteiger partial charge in [-0.05, 0) is 31.4 Å². The molecule has 0 aliphatic heterocycles. The summed E-state index contributed by atoms with van der Waals surface area (Å²) < 4.78 is 10.8. The first-order chi connectivity index (χ1) is 11.8. The third-order valence-electron chi connectivity index (χ3n) is 5.79. The number of benzene rings is 1. The van der Waals surface area contributed by atoms with Crippen LogP contribution in [0.1, 0.15) is 32.8 Å². The van der Waals surface area contributed by atoms with Crippen LogP contribution in [0.15, 0.2) is 23.2 Å². The Balaban J connectivity index is 0.00000338. The van der Waals surface area contributed by atoms with Gasteiger partial charge in [0, 0.05) is 38.2 Å². The Hall–Kier alpha value is -1.22. The van der Waals surface area contributed by atoms with Crippen LogP contribution in [0.4, 0.5) is 0 Å². The number of nitrogens with zero attached hydrogens (tertiary/aromatic N) is 1. The minimum Gasteiger partial charge on any atom is -0.508 e. The molecule has 0 amide bonds. The van der Waals surface area contributed by atoms with Crippen LogP contribution in [0.25, 0.3) is 0 Å². The molecule has 0 heterocycles. The number of phenolic OH excluding ortho intramolecular Hbond substituents is 1. The Morgan fingerprint density at radius 3 is 2.50 bits per heavy atom. The molecule has 1 aliphatic rings. The maximum absolute atomic E-state index is 10.0. The molecule has 6 nitrogen and oxygen atoms in total. The Morgan fingerprint density at radius 2 is 2.00 bits per heavy atom. The van der Waals surface area contributed by atoms with E-state index in [0.717, 1.165) is 17.9 Å². The van der Waals surface area contributed by atoms with Gasteiger partial charge in [-0.15, -0.1) is 24.0 Å². The number of nitrogens with one attached hydrogen (secondary N) is 2. The first-order valence-corrected chi connectivity index (χ1v) is 8.65. The van der Waals surface area contributed by atoms with Crippen molar-refractivity contribution in [2.24, 2.45) is 10.4 Å². The normalized spacial score (nSPS) is 24.2. The molecule has 0 spiro atoms. The molecule has 1 aliphatic carbocycles. The van der Waals surface area contributed by atoms with Gasteiger partial charge < -0.3 is 25.2 Å². The lowest BCUT2D eigenvalue weighted by Crippen LogP contribution is -2.69. The maximum atomic E-state index is 10.0. The van der Waals surface area contributed by atoms with E-state index < -0.39 is 0 Å². The molecule has 1 fully saturated rings. The fourth-order valence-electron chi connectivity index (χ4n) is 3.28. The molecule has 26 heavy (non-hydrogen) atoms. The van der Waals surface area contributed by atoms with E-state index in [9.17, 15) is 5.11 Å². The van der Waals surface area contributed by atoms with Crippen molar-refractivity contribution < 1.29 is 14.6 Å². The number of hydrogen-bond acceptors (Lipinski definition) is 4. The van der Waals surface area contributed by atoms with Crippen LogP contribution in [0.5, 0.6) is 11.5 Å². The van der Waals surface area contributed by atoms with Crippen molar-refractivity contribution in [3.8, 4) is 11.5 Å². The third kappa shape index (κ3) is 4.54. The second-order valence-corrected chi connectivity index (χ2v) is 7.30. The fraction of sp³-hybridized carbons (Fsp3) is 0.632. The molecule has 1 aromatic rings. The SMILES string of the molecule is CN=C(NCCc1ccc(OC)cc1O)NC1CC(C)(OC)C1(C)C.I. The number of rotatable bonds is 6. The molecule has 0 saturated heterocycles. The number of methoxy groups -OCH3 is 2. The predicted molar refractivity (Wildman–Crippen MR) is 116 cm³/mol. The van der Waals surface area contributed by atoms with E-state index in [1.54, 1.807) is 27.3 Å². The van der Waals surface area contributed by atoms with Gasteiger partial charge in [-0.1, -0.05) is 19.9 Å². The molecule has 1 saturated carbocycles. The standard InChI is InChI=1S/C19H31N3O3.HI/c1-18(2)16(12-19(18,3)25-6)22-17(20-4)21-10-9-13-7-8-14(24-5)11-15(13)23;/h7-8,11,16,23H,9-10,12H2,1-6H3,(H2,20,21,22);1H. The number of ether oxygens (including phenoxy) is 2. The second kappa shape index (κ2) is 9.12. The monoisotopic (exact) mass is 477 g/mol. The molecule has 0 bridgehead atoms. The summed E-state index contributed by atoms with van der Waals surface area (Å²) in [4.78, 5) is 4.30. The minimum absolute atomic E-state index is 0. The van der Waals surface area contributed by atoms with Crippen molar-refractivity contribution in [3.63, 3.8) is 0 Å². The van der Waals surface area contributed by atoms with Gasteiger partial charge in [0.25, 0.3) is 0 Å². The molecule has 1 aromatic carbocycles. The average molecular weight is 477 g/mol. The Labute approximate surface area is 173 Å². The highest BCUT2D eigenvalue weighted by Crippen LogP contribution is 2.51. The number of halogens is 1. The summed E-state index contributed by atoms with van der Waals surface area (Å²) in [6, 6.07) is 5.67. The molecule has 0 radical (unpaired) electrons. The quantitative estimate of drug-likeness (QED) is 0.334. The molecular formula is C19H32IN3O3. The van der Waals surface area contributed by atoms with E-state index >= 15 is 0 Å². The molecule has 7 heteroatoms. The minimum atomic E-state index is -0.113. The Kier molecular flexibility index (Phi) is 8.01. The molecule has 2 atom stereocenters. The van der Waals surface area contributed by atoms with Gasteiger partial charge >= 0.3 is 0 Å². The molecule has 2 rings (SSSR count). The van der Waals surface area contributed by atoms with Gasteiger partial charge in [0.2, 0.25) is 0 Å². The zero-order valence-corrected chi connectivity index (χ0v) is 18.9. The third-order valence-corrected chi connectivity index (χ3v) is 5.79. The average Bonchev–Trinajstić information content (AvgIpc) is 2.60. The number of guanidine groups is 1. The van der Waals surface area contributed by atoms with Crippen molar-refractivity contribution in [1.82, 2.24) is 10.6 Å². The lowest BCUT2D eigenvalue weighted by molar-refractivity contribution is -0.176. The summed E-state index contributed by atoms with van der Waals surface area (Å²) in [6.45, 7) is 7.24. The van der Waals surface area contributed by atoms with Crippen LogP contribution in [-0.2, 0) is 11.2 Å². The van der Waals surface area contributed by atoms with Crippen LogP contribution < -0.4 is 15.4 Å². The van der Waals surface area contributed by atoms with Crippen molar-refractivity contribution >= 4 is 29.9 Å². The van der Waals surface area contributed by atoms with E-state index in [-0.39, 0.29) is 40.7 Å². The van der Waals surface area contributed by atoms with E-state index in [1.165, 1.54) is 0 Å². The van der Waals surface area contributed by atoms with Crippen LogP contribution in [0.3, 0.4) is 0 Å². The smallest absolute Gasteiger partial charge is 0.191 e. The van der Waals surface area contributed by atoms with E-state index in [1.807, 2.05) is 12.1 Å². The van der Waals surface area contributed by atoms with Crippen LogP contribution in [0, 0.1) is 5.41 Å². The van der Waals surface area contributed by atoms with E-state index in [4.69, 9.17) is 9.47 Å². The number of aliphatic imine (C=N–C) groups is 1. The summed E-state index contributed by atoms with van der Waals surface area (Å²) in [5.74, 6) is 1.67. The first kappa shape index (κ1) is 22.8. The Bertz CT molecular complexity index is 636. The molecule has 2 unspecified atom stereocenters. The lowest BCUT2D eigenvalue weighted by Gasteiger charge is -2.59. The van der Waals surface area contributed by atoms with Crippen molar-refractivity contribution in [3.05, 3.63) is 23.8 Å². The van der Waals surface area contributed by atoms with Crippen molar-refractivity contribution in [2.75, 3.05) is 27.8 Å². The number of aromatic hydroxyl groups is 1. The van der Waals surface area contributed by atoms with Gasteiger partial charge in [-0.25, -0.2) is 0 Å². The lowest BCUT2D eigenvalue weighted by atomic mass is 9.56. The summed E-state index contributed by atoms with van der Waals surface area (Å²) in [5.41, 5.74) is 0.783. The second-order valence-electron chi connectivity index (χ2n) is 7.30. The zero-order valence-electron chi connectivity index (χ0n) is 16.5. The van der Waals surface area contributed by atoms with Crippen LogP contribution in [0.2, 0.25) is 0 Å². The number of phenols is 1. The van der Waals surface area contributed by atoms with Gasteiger partial charge in [-0.2, -0.15) is 0 Å². The summed E-state index contributed by atoms with van der Waals surface area (Å²) in [7, 11) is 5.12. The number of hydrogen-bond donors (Lipinski definition) is 3. The van der Waals surface area contributed by atoms with Crippen LogP contribution in [-0.4, -0.2) is 50.5 Å². The van der Waals surface area contributed by atoms with Gasteiger partial charge in [-0.3, -0.25) is 4.99 Å². The molecular weight excluding hydrogens is 445 g/mol. The fourth-order valence-corrected chi connectivity index (χ4v) is 3.28. The molecule has 148 valence electrons. The van der Waals surface area contributed by atoms with Crippen molar-refractivity contribution in [2.45, 2.75) is 45.3 Å². The molecule has 3 N–H and O–H groups in total. The maximum Gasteiger partial charge on any atom is 0.191 e. The van der Waals surface area contributed by atoms with Gasteiger partial charge in [0.1, 0.15) is 11.5 Å². The largest absolute Gasteiger partial charge is 0.508 e. The first-order valence-electron chi connectivity index (χ1n) is 8.65. The topological polar surface area (TPSA) is 75.1 Å². The van der Waals surface area contributed by atoms with Gasteiger partial charge in [0.05, 0.1) is 12.7 Å². The van der Waals surface area contributed by atoms with Gasteiger partial charge in [0.15, 0.2) is 5.96 Å². The Morgan fingerprint density at radius 1 is 1.31 bits per heavy atom. The highest BCUT2D eigenvalue weighted by Gasteiger charge is 2.58. The summed E-state index contributed by atoms with van der Waals surface area (Å²) in [5, 5.41) is 16.8. The summed E-state index contributed by atoms with van der Waals surface area (Å²) in [6.07, 6.45) is 1.64. The highest BCUT2D eigenvalue weighted by atomic mass is 127.